The number of hydrogen-bond donors (Lipinski definition) is 0. The van der Waals surface area contributed by atoms with Gasteiger partial charge in [-0.1, -0.05) is 0 Å². The molecule has 0 aliphatic heterocycles. The number of hydrogen-bond acceptors (Lipinski definition) is 2. The zero-order chi connectivity index (χ0) is 4.00. The quantitative estimate of drug-likeness (QED) is 0.360. The van der Waals surface area contributed by atoms with Crippen LogP contribution in [-0.4, -0.2) is 37.7 Å². The molecule has 0 aromatic rings. The summed E-state index contributed by atoms with van der Waals surface area (Å²) in [5.41, 5.74) is 0. The zero-order valence-corrected chi connectivity index (χ0v) is 6.05. The summed E-state index contributed by atoms with van der Waals surface area (Å²) in [4.78, 5) is 0. The summed E-state index contributed by atoms with van der Waals surface area (Å²) >= 11 is 0. The molecular formula is C2CaCuN2. The van der Waals surface area contributed by atoms with Crippen LogP contribution in [0.1, 0.15) is 0 Å². The van der Waals surface area contributed by atoms with Gasteiger partial charge >= 0.3 is 17.1 Å². The molecule has 0 bridgehead atoms. The summed E-state index contributed by atoms with van der Waals surface area (Å²) in [7, 11) is 0. The van der Waals surface area contributed by atoms with Gasteiger partial charge in [-0.3, -0.25) is 0 Å². The fourth-order valence-electron chi connectivity index (χ4n) is 0. The Bertz CT molecular complexity index is 27.0. The van der Waals surface area contributed by atoms with Crippen LogP contribution >= 0.6 is 0 Å². The Morgan fingerprint density at radius 2 is 0.833 bits per heavy atom. The van der Waals surface area contributed by atoms with E-state index in [9.17, 15) is 0 Å². The fourth-order valence-corrected chi connectivity index (χ4v) is 0. The van der Waals surface area contributed by atoms with Gasteiger partial charge in [-0.2, -0.15) is 0 Å². The van der Waals surface area contributed by atoms with Crippen LogP contribution in [-0.2, 0) is 17.1 Å². The predicted octanol–water partition coefficient (Wildman–Crippen LogP) is -0.191. The molecule has 6 heavy (non-hydrogen) atoms. The maximum absolute atomic E-state index is 6.25. The molecule has 0 spiro atoms. The van der Waals surface area contributed by atoms with E-state index >= 15 is 0 Å². The Morgan fingerprint density at radius 3 is 0.833 bits per heavy atom. The SMILES string of the molecule is [C-]#N.[C-]#N.[Ca].[Cu+2]. The second-order valence-electron chi connectivity index (χ2n) is 0. The molecule has 0 aromatic heterocycles. The summed E-state index contributed by atoms with van der Waals surface area (Å²) in [6.45, 7) is 9.50. The Labute approximate surface area is 77.6 Å². The smallest absolute Gasteiger partial charge is 0.512 e. The van der Waals surface area contributed by atoms with Crippen molar-refractivity contribution in [3.05, 3.63) is 13.1 Å². The van der Waals surface area contributed by atoms with Crippen molar-refractivity contribution >= 4 is 37.7 Å². The van der Waals surface area contributed by atoms with Crippen molar-refractivity contribution in [3.63, 3.8) is 0 Å². The van der Waals surface area contributed by atoms with Crippen molar-refractivity contribution < 1.29 is 17.1 Å². The van der Waals surface area contributed by atoms with Gasteiger partial charge in [-0.25, -0.2) is 0 Å². The monoisotopic (exact) mass is 155 g/mol. The maximum atomic E-state index is 6.25. The summed E-state index contributed by atoms with van der Waals surface area (Å²) in [6, 6.07) is 0. The third-order valence-electron chi connectivity index (χ3n) is 0. The summed E-state index contributed by atoms with van der Waals surface area (Å²) in [6.07, 6.45) is 0. The average Bonchev–Trinajstić information content (AvgIpc) is 1.50. The van der Waals surface area contributed by atoms with Crippen LogP contribution in [0.2, 0.25) is 0 Å². The minimum Gasteiger partial charge on any atom is -0.512 e. The van der Waals surface area contributed by atoms with Gasteiger partial charge in [0, 0.05) is 37.7 Å². The molecule has 4 heteroatoms. The minimum atomic E-state index is 0. The van der Waals surface area contributed by atoms with Crippen molar-refractivity contribution in [2.45, 2.75) is 0 Å². The van der Waals surface area contributed by atoms with Gasteiger partial charge in [0.15, 0.2) is 0 Å². The van der Waals surface area contributed by atoms with Crippen LogP contribution in [0.25, 0.3) is 0 Å². The van der Waals surface area contributed by atoms with Crippen molar-refractivity contribution in [1.29, 1.82) is 10.5 Å². The molecule has 0 aromatic carbocycles. The summed E-state index contributed by atoms with van der Waals surface area (Å²) < 4.78 is 0. The van der Waals surface area contributed by atoms with Crippen molar-refractivity contribution in [2.24, 2.45) is 0 Å². The maximum Gasteiger partial charge on any atom is 2.00 e. The topological polar surface area (TPSA) is 47.6 Å². The molecule has 31 valence electrons. The van der Waals surface area contributed by atoms with Crippen LogP contribution < -0.4 is 0 Å². The normalized spacial score (nSPS) is 0.667. The molecular weight excluding hydrogens is 156 g/mol. The van der Waals surface area contributed by atoms with Gasteiger partial charge in [0.1, 0.15) is 0 Å². The molecule has 0 atom stereocenters. The summed E-state index contributed by atoms with van der Waals surface area (Å²) in [5.74, 6) is 0. The van der Waals surface area contributed by atoms with E-state index in [0.29, 0.717) is 0 Å². The Kier molecular flexibility index (Phi) is 1110. The molecule has 0 heterocycles. The number of nitrogens with zero attached hydrogens (tertiary/aromatic N) is 2. The Morgan fingerprint density at radius 1 is 0.833 bits per heavy atom. The molecule has 0 aliphatic carbocycles. The molecule has 0 N–H and O–H groups in total. The molecule has 2 nitrogen and oxygen atoms in total. The average molecular weight is 156 g/mol. The van der Waals surface area contributed by atoms with Crippen LogP contribution in [0, 0.1) is 23.7 Å². The number of rotatable bonds is 0. The largest absolute Gasteiger partial charge is 2.00 e. The molecule has 0 amide bonds. The fraction of sp³-hybridized carbons (Fsp3) is 0. The Hall–Kier alpha value is 0.759. The molecule has 0 saturated carbocycles. The van der Waals surface area contributed by atoms with E-state index in [1.54, 1.807) is 0 Å². The molecule has 0 fully saturated rings. The third-order valence-corrected chi connectivity index (χ3v) is 0. The first-order valence-electron chi connectivity index (χ1n) is 0.447. The van der Waals surface area contributed by atoms with E-state index in [-0.39, 0.29) is 54.8 Å². The molecule has 0 rings (SSSR count). The second kappa shape index (κ2) is 226. The predicted molar refractivity (Wildman–Crippen MR) is 15.7 cm³/mol. The second-order valence-corrected chi connectivity index (χ2v) is 0. The molecule has 0 aliphatic rings. The van der Waals surface area contributed by atoms with Gasteiger partial charge in [-0.15, -0.1) is 0 Å². The zero-order valence-electron chi connectivity index (χ0n) is 2.90. The van der Waals surface area contributed by atoms with Gasteiger partial charge in [-0.05, 0) is 0 Å². The minimum absolute atomic E-state index is 0. The first-order valence-corrected chi connectivity index (χ1v) is 0.447. The van der Waals surface area contributed by atoms with E-state index in [0.717, 1.165) is 0 Å². The standard InChI is InChI=1S/2CN.Ca.Cu/c2*1-2;;/q2*-1;;+2. The van der Waals surface area contributed by atoms with Crippen molar-refractivity contribution in [1.82, 2.24) is 0 Å². The van der Waals surface area contributed by atoms with Crippen LogP contribution in [0.4, 0.5) is 0 Å². The van der Waals surface area contributed by atoms with Gasteiger partial charge in [0.2, 0.25) is 0 Å². The van der Waals surface area contributed by atoms with Crippen LogP contribution in [0.3, 0.4) is 0 Å². The first-order chi connectivity index (χ1) is 2.00. The van der Waals surface area contributed by atoms with Gasteiger partial charge < -0.3 is 23.7 Å². The van der Waals surface area contributed by atoms with E-state index in [4.69, 9.17) is 23.7 Å². The molecule has 3 radical (unpaired) electrons. The summed E-state index contributed by atoms with van der Waals surface area (Å²) in [5, 5.41) is 12.5. The molecule has 0 saturated heterocycles. The third kappa shape index (κ3) is 117. The van der Waals surface area contributed by atoms with Gasteiger partial charge in [0.05, 0.1) is 0 Å². The van der Waals surface area contributed by atoms with E-state index in [1.807, 2.05) is 0 Å². The van der Waals surface area contributed by atoms with E-state index in [2.05, 4.69) is 0 Å². The van der Waals surface area contributed by atoms with Crippen LogP contribution in [0.5, 0.6) is 0 Å². The van der Waals surface area contributed by atoms with E-state index in [1.165, 1.54) is 0 Å². The van der Waals surface area contributed by atoms with Crippen molar-refractivity contribution in [2.75, 3.05) is 0 Å². The van der Waals surface area contributed by atoms with Gasteiger partial charge in [0.25, 0.3) is 0 Å². The van der Waals surface area contributed by atoms with Crippen molar-refractivity contribution in [3.8, 4) is 0 Å². The Balaban J connectivity index is -0.00000000500. The van der Waals surface area contributed by atoms with Crippen LogP contribution in [0.15, 0.2) is 0 Å². The first kappa shape index (κ1) is 29.4. The molecule has 0 unspecified atom stereocenters. The van der Waals surface area contributed by atoms with E-state index < -0.39 is 0 Å².